The summed E-state index contributed by atoms with van der Waals surface area (Å²) in [4.78, 5) is 16.6. The minimum Gasteiger partial charge on any atom is -0.348 e. The highest BCUT2D eigenvalue weighted by atomic mass is 32.1. The minimum atomic E-state index is 0.137. The van der Waals surface area contributed by atoms with E-state index in [2.05, 4.69) is 63.3 Å². The number of amides is 1. The molecule has 2 aliphatic rings. The van der Waals surface area contributed by atoms with Crippen molar-refractivity contribution in [1.82, 2.24) is 25.0 Å². The van der Waals surface area contributed by atoms with E-state index in [1.165, 1.54) is 17.7 Å². The van der Waals surface area contributed by atoms with Crippen LogP contribution in [0.1, 0.15) is 93.3 Å². The molecule has 7 heteroatoms. The highest BCUT2D eigenvalue weighted by Gasteiger charge is 2.28. The number of carbonyl (C=O) groups excluding carboxylic acids is 1. The van der Waals surface area contributed by atoms with Gasteiger partial charge in [-0.3, -0.25) is 4.79 Å². The summed E-state index contributed by atoms with van der Waals surface area (Å²) < 4.78 is 2.37. The van der Waals surface area contributed by atoms with E-state index >= 15 is 0 Å². The maximum Gasteiger partial charge on any atom is 0.223 e. The summed E-state index contributed by atoms with van der Waals surface area (Å²) in [6.07, 6.45) is 7.75. The normalized spacial score (nSPS) is 19.9. The molecule has 31 heavy (non-hydrogen) atoms. The van der Waals surface area contributed by atoms with Crippen molar-refractivity contribution in [1.29, 1.82) is 0 Å². The van der Waals surface area contributed by atoms with Crippen molar-refractivity contribution in [3.05, 3.63) is 34.0 Å². The van der Waals surface area contributed by atoms with Gasteiger partial charge < -0.3 is 14.8 Å². The molecule has 1 aliphatic carbocycles. The quantitative estimate of drug-likeness (QED) is 0.634. The predicted octanol–water partition coefficient (Wildman–Crippen LogP) is 4.85. The van der Waals surface area contributed by atoms with Gasteiger partial charge in [-0.15, -0.1) is 21.5 Å². The molecule has 2 fully saturated rings. The molecule has 1 atom stereocenters. The third kappa shape index (κ3) is 5.37. The van der Waals surface area contributed by atoms with Gasteiger partial charge >= 0.3 is 0 Å². The molecule has 0 bridgehead atoms. The van der Waals surface area contributed by atoms with Gasteiger partial charge in [-0.25, -0.2) is 0 Å². The van der Waals surface area contributed by atoms with Crippen molar-refractivity contribution in [2.45, 2.75) is 83.7 Å². The molecule has 0 unspecified atom stereocenters. The summed E-state index contributed by atoms with van der Waals surface area (Å²) in [5.74, 6) is 3.03. The monoisotopic (exact) mass is 443 g/mol. The van der Waals surface area contributed by atoms with Crippen LogP contribution >= 0.6 is 11.3 Å². The Morgan fingerprint density at radius 3 is 2.58 bits per heavy atom. The number of piperidine rings is 1. The van der Waals surface area contributed by atoms with Gasteiger partial charge in [-0.2, -0.15) is 0 Å². The molecule has 1 N–H and O–H groups in total. The van der Waals surface area contributed by atoms with E-state index in [1.54, 1.807) is 11.3 Å². The van der Waals surface area contributed by atoms with E-state index in [0.29, 0.717) is 12.0 Å². The van der Waals surface area contributed by atoms with E-state index < -0.39 is 0 Å². The molecular formula is C24H37N5OS. The first-order valence-electron chi connectivity index (χ1n) is 12.0. The Labute approximate surface area is 190 Å². The molecule has 0 aromatic carbocycles. The molecule has 6 nitrogen and oxygen atoms in total. The molecule has 170 valence electrons. The largest absolute Gasteiger partial charge is 0.348 e. The van der Waals surface area contributed by atoms with Crippen molar-refractivity contribution >= 4 is 17.2 Å². The number of aromatic nitrogens is 3. The van der Waals surface area contributed by atoms with Crippen molar-refractivity contribution in [3.63, 3.8) is 0 Å². The zero-order valence-electron chi connectivity index (χ0n) is 19.2. The SMILES string of the molecule is Cc1nnc(C(C)C)n1C1CCN(CC[C@H](NC(=O)C2CCCC2)c2cccs2)CC1. The summed E-state index contributed by atoms with van der Waals surface area (Å²) >= 11 is 1.76. The van der Waals surface area contributed by atoms with Gasteiger partial charge in [0.2, 0.25) is 5.91 Å². The van der Waals surface area contributed by atoms with Crippen molar-refractivity contribution in [3.8, 4) is 0 Å². The molecule has 2 aromatic heterocycles. The molecule has 2 aromatic rings. The van der Waals surface area contributed by atoms with Gasteiger partial charge in [-0.05, 0) is 50.5 Å². The topological polar surface area (TPSA) is 63.1 Å². The van der Waals surface area contributed by atoms with Crippen molar-refractivity contribution < 1.29 is 4.79 Å². The van der Waals surface area contributed by atoms with Crippen molar-refractivity contribution in [2.24, 2.45) is 5.92 Å². The first kappa shape index (κ1) is 22.5. The number of carbonyl (C=O) groups is 1. The summed E-state index contributed by atoms with van der Waals surface area (Å²) in [6, 6.07) is 4.89. The van der Waals surface area contributed by atoms with Crippen LogP contribution in [0.3, 0.4) is 0 Å². The van der Waals surface area contributed by atoms with Crippen LogP contribution in [0.2, 0.25) is 0 Å². The van der Waals surface area contributed by atoms with Gasteiger partial charge in [-0.1, -0.05) is 32.8 Å². The fourth-order valence-electron chi connectivity index (χ4n) is 5.20. The highest BCUT2D eigenvalue weighted by molar-refractivity contribution is 7.10. The van der Waals surface area contributed by atoms with E-state index in [0.717, 1.165) is 63.4 Å². The zero-order chi connectivity index (χ0) is 21.8. The Morgan fingerprint density at radius 1 is 1.19 bits per heavy atom. The molecule has 4 rings (SSSR count). The van der Waals surface area contributed by atoms with Gasteiger partial charge in [0, 0.05) is 42.4 Å². The maximum atomic E-state index is 12.8. The van der Waals surface area contributed by atoms with Crippen LogP contribution in [0, 0.1) is 12.8 Å². The van der Waals surface area contributed by atoms with Crippen LogP contribution in [0.15, 0.2) is 17.5 Å². The number of thiophene rings is 1. The third-order valence-electron chi connectivity index (χ3n) is 6.99. The fourth-order valence-corrected chi connectivity index (χ4v) is 6.01. The van der Waals surface area contributed by atoms with Crippen molar-refractivity contribution in [2.75, 3.05) is 19.6 Å². The second-order valence-corrected chi connectivity index (χ2v) is 10.5. The minimum absolute atomic E-state index is 0.137. The second-order valence-electron chi connectivity index (χ2n) is 9.55. The summed E-state index contributed by atoms with van der Waals surface area (Å²) in [5, 5.41) is 14.3. The fraction of sp³-hybridized carbons (Fsp3) is 0.708. The molecule has 0 radical (unpaired) electrons. The van der Waals surface area contributed by atoms with Crippen LogP contribution in [-0.4, -0.2) is 45.2 Å². The standard InChI is InChI=1S/C24H37N5OS/c1-17(2)23-27-26-18(3)29(23)20-10-13-28(14-11-20)15-12-21(22-9-6-16-31-22)25-24(30)19-7-4-5-8-19/h6,9,16-17,19-21H,4-5,7-8,10-15H2,1-3H3,(H,25,30)/t21-/m0/s1. The lowest BCUT2D eigenvalue weighted by Crippen LogP contribution is -2.38. The molecule has 1 saturated heterocycles. The number of hydrogen-bond donors (Lipinski definition) is 1. The Hall–Kier alpha value is -1.73. The summed E-state index contributed by atoms with van der Waals surface area (Å²) in [5.41, 5.74) is 0. The lowest BCUT2D eigenvalue weighted by atomic mass is 10.0. The highest BCUT2D eigenvalue weighted by Crippen LogP contribution is 2.30. The summed E-state index contributed by atoms with van der Waals surface area (Å²) in [7, 11) is 0. The third-order valence-corrected chi connectivity index (χ3v) is 7.98. The number of hydrogen-bond acceptors (Lipinski definition) is 5. The Kier molecular flexibility index (Phi) is 7.43. The molecule has 1 amide bonds. The molecular weight excluding hydrogens is 406 g/mol. The first-order chi connectivity index (χ1) is 15.0. The Morgan fingerprint density at radius 2 is 1.94 bits per heavy atom. The summed E-state index contributed by atoms with van der Waals surface area (Å²) in [6.45, 7) is 9.67. The van der Waals surface area contributed by atoms with Gasteiger partial charge in [0.15, 0.2) is 0 Å². The lowest BCUT2D eigenvalue weighted by molar-refractivity contribution is -0.125. The van der Waals surface area contributed by atoms with Crippen LogP contribution in [0.25, 0.3) is 0 Å². The lowest BCUT2D eigenvalue weighted by Gasteiger charge is -2.34. The predicted molar refractivity (Wildman–Crippen MR) is 125 cm³/mol. The van der Waals surface area contributed by atoms with E-state index in [9.17, 15) is 4.79 Å². The average molecular weight is 444 g/mol. The number of aryl methyl sites for hydroxylation is 1. The molecule has 0 spiro atoms. The van der Waals surface area contributed by atoms with Gasteiger partial charge in [0.25, 0.3) is 0 Å². The molecule has 1 saturated carbocycles. The number of likely N-dealkylation sites (tertiary alicyclic amines) is 1. The van der Waals surface area contributed by atoms with E-state index in [-0.39, 0.29) is 17.9 Å². The first-order valence-corrected chi connectivity index (χ1v) is 12.9. The smallest absolute Gasteiger partial charge is 0.223 e. The molecule has 1 aliphatic heterocycles. The van der Waals surface area contributed by atoms with Gasteiger partial charge in [0.05, 0.1) is 6.04 Å². The van der Waals surface area contributed by atoms with Crippen LogP contribution in [0.4, 0.5) is 0 Å². The van der Waals surface area contributed by atoms with Crippen LogP contribution in [0.5, 0.6) is 0 Å². The van der Waals surface area contributed by atoms with Crippen LogP contribution < -0.4 is 5.32 Å². The number of rotatable bonds is 8. The number of nitrogens with zero attached hydrogens (tertiary/aromatic N) is 4. The average Bonchev–Trinajstić information content (AvgIpc) is 3.53. The van der Waals surface area contributed by atoms with Gasteiger partial charge in [0.1, 0.15) is 11.6 Å². The maximum absolute atomic E-state index is 12.8. The molecule has 3 heterocycles. The Balaban J connectivity index is 1.32. The number of nitrogens with one attached hydrogen (secondary N) is 1. The van der Waals surface area contributed by atoms with Crippen LogP contribution in [-0.2, 0) is 4.79 Å². The zero-order valence-corrected chi connectivity index (χ0v) is 20.0. The van der Waals surface area contributed by atoms with E-state index in [1.807, 2.05) is 0 Å². The second kappa shape index (κ2) is 10.3. The van der Waals surface area contributed by atoms with E-state index in [4.69, 9.17) is 0 Å². The Bertz CT molecular complexity index is 832.